The molecule has 0 aromatic carbocycles. The summed E-state index contributed by atoms with van der Waals surface area (Å²) in [4.78, 5) is 13.0. The highest BCUT2D eigenvalue weighted by molar-refractivity contribution is 5.35. The van der Waals surface area contributed by atoms with E-state index >= 15 is 0 Å². The molecule has 1 rings (SSSR count). The smallest absolute Gasteiger partial charge is 0.327 e. The third-order valence-electron chi connectivity index (χ3n) is 1.62. The van der Waals surface area contributed by atoms with E-state index in [1.165, 1.54) is 0 Å². The van der Waals surface area contributed by atoms with E-state index in [0.29, 0.717) is 12.3 Å². The van der Waals surface area contributed by atoms with E-state index in [4.69, 9.17) is 5.26 Å². The molecule has 16 heavy (non-hydrogen) atoms. The first kappa shape index (κ1) is 11.9. The largest absolute Gasteiger partial charge is 0.417 e. The van der Waals surface area contributed by atoms with Crippen LogP contribution in [0.25, 0.3) is 0 Å². The third-order valence-corrected chi connectivity index (χ3v) is 1.62. The van der Waals surface area contributed by atoms with Crippen molar-refractivity contribution in [3.05, 3.63) is 33.7 Å². The molecule has 0 atom stereocenters. The maximum atomic E-state index is 12.3. The molecule has 0 fully saturated rings. The summed E-state index contributed by atoms with van der Waals surface area (Å²) in [6.45, 7) is 0. The van der Waals surface area contributed by atoms with Crippen molar-refractivity contribution >= 4 is 0 Å². The van der Waals surface area contributed by atoms with Gasteiger partial charge in [0, 0.05) is 6.20 Å². The van der Waals surface area contributed by atoms with Crippen LogP contribution in [-0.4, -0.2) is 4.98 Å². The van der Waals surface area contributed by atoms with Crippen LogP contribution in [0, 0.1) is 23.2 Å². The number of nitrogens with one attached hydrogen (secondary N) is 1. The van der Waals surface area contributed by atoms with Crippen LogP contribution in [0.1, 0.15) is 17.5 Å². The number of nitrogens with zero attached hydrogens (tertiary/aromatic N) is 1. The van der Waals surface area contributed by atoms with Gasteiger partial charge in [-0.3, -0.25) is 4.79 Å². The number of aromatic amines is 1. The fraction of sp³-hybridized carbons (Fsp3) is 0.200. The molecule has 82 valence electrons. The summed E-state index contributed by atoms with van der Waals surface area (Å²) in [6.07, 6.45) is -4.09. The number of alkyl halides is 3. The first-order valence-corrected chi connectivity index (χ1v) is 4.11. The van der Waals surface area contributed by atoms with E-state index in [-0.39, 0.29) is 12.0 Å². The Kier molecular flexibility index (Phi) is 3.37. The zero-order valence-electron chi connectivity index (χ0n) is 7.85. The van der Waals surface area contributed by atoms with Gasteiger partial charge in [0.2, 0.25) is 0 Å². The first-order chi connectivity index (χ1) is 7.45. The fourth-order valence-corrected chi connectivity index (χ4v) is 0.919. The van der Waals surface area contributed by atoms with Gasteiger partial charge in [0.05, 0.1) is 23.6 Å². The number of H-pyrrole nitrogens is 1. The lowest BCUT2D eigenvalue weighted by Gasteiger charge is -2.05. The summed E-state index contributed by atoms with van der Waals surface area (Å²) in [5.41, 5.74) is -1.99. The standard InChI is InChI=1S/C10H5F3N2O/c11-10(12,13)8-5-7(3-1-2-4-14)9(16)15-6-8/h5-6H,2H2,(H,15,16). The van der Waals surface area contributed by atoms with E-state index in [9.17, 15) is 18.0 Å². The van der Waals surface area contributed by atoms with Gasteiger partial charge in [0.25, 0.3) is 5.56 Å². The van der Waals surface area contributed by atoms with Crippen LogP contribution < -0.4 is 5.56 Å². The molecule has 0 saturated carbocycles. The van der Waals surface area contributed by atoms with E-state index in [1.807, 2.05) is 4.98 Å². The highest BCUT2D eigenvalue weighted by Crippen LogP contribution is 2.28. The fourth-order valence-electron chi connectivity index (χ4n) is 0.919. The minimum absolute atomic E-state index is 0.143. The van der Waals surface area contributed by atoms with Crippen LogP contribution in [0.5, 0.6) is 0 Å². The quantitative estimate of drug-likeness (QED) is 0.684. The van der Waals surface area contributed by atoms with Gasteiger partial charge in [-0.15, -0.1) is 0 Å². The molecule has 0 saturated heterocycles. The molecule has 1 heterocycles. The number of nitriles is 1. The van der Waals surface area contributed by atoms with Crippen molar-refractivity contribution in [3.8, 4) is 17.9 Å². The molecule has 0 aliphatic heterocycles. The normalized spacial score (nSPS) is 10.1. The highest BCUT2D eigenvalue weighted by atomic mass is 19.4. The molecule has 1 aromatic heterocycles. The Morgan fingerprint density at radius 2 is 2.12 bits per heavy atom. The molecular formula is C10H5F3N2O. The van der Waals surface area contributed by atoms with E-state index in [0.717, 1.165) is 0 Å². The molecule has 0 unspecified atom stereocenters. The summed E-state index contributed by atoms with van der Waals surface area (Å²) in [6, 6.07) is 2.35. The topological polar surface area (TPSA) is 56.6 Å². The zero-order valence-corrected chi connectivity index (χ0v) is 7.85. The minimum atomic E-state index is -4.53. The molecule has 3 nitrogen and oxygen atoms in total. The van der Waals surface area contributed by atoms with Crippen LogP contribution in [0.15, 0.2) is 17.1 Å². The number of aromatic nitrogens is 1. The molecule has 1 aromatic rings. The Bertz CT molecular complexity index is 540. The van der Waals surface area contributed by atoms with Gasteiger partial charge in [-0.1, -0.05) is 11.8 Å². The maximum absolute atomic E-state index is 12.3. The van der Waals surface area contributed by atoms with Crippen molar-refractivity contribution in [1.82, 2.24) is 4.98 Å². The van der Waals surface area contributed by atoms with Gasteiger partial charge >= 0.3 is 6.18 Å². The van der Waals surface area contributed by atoms with Crippen molar-refractivity contribution < 1.29 is 13.2 Å². The second-order valence-corrected chi connectivity index (χ2v) is 2.77. The lowest BCUT2D eigenvalue weighted by atomic mass is 10.2. The van der Waals surface area contributed by atoms with Crippen molar-refractivity contribution in [1.29, 1.82) is 5.26 Å². The molecule has 6 heteroatoms. The average Bonchev–Trinajstić information content (AvgIpc) is 2.19. The Morgan fingerprint density at radius 1 is 1.44 bits per heavy atom. The molecule has 0 aliphatic rings. The molecular weight excluding hydrogens is 221 g/mol. The second-order valence-electron chi connectivity index (χ2n) is 2.77. The van der Waals surface area contributed by atoms with Gasteiger partial charge < -0.3 is 4.98 Å². The Morgan fingerprint density at radius 3 is 2.69 bits per heavy atom. The molecule has 0 aliphatic carbocycles. The zero-order chi connectivity index (χ0) is 12.2. The summed E-state index contributed by atoms with van der Waals surface area (Å²) >= 11 is 0. The summed E-state index contributed by atoms with van der Waals surface area (Å²) in [5, 5.41) is 8.18. The van der Waals surface area contributed by atoms with E-state index in [2.05, 4.69) is 11.8 Å². The summed E-state index contributed by atoms with van der Waals surface area (Å²) in [5.74, 6) is 4.48. The lowest BCUT2D eigenvalue weighted by molar-refractivity contribution is -0.137. The average molecular weight is 226 g/mol. The summed E-state index contributed by atoms with van der Waals surface area (Å²) in [7, 11) is 0. The van der Waals surface area contributed by atoms with Crippen LogP contribution in [0.3, 0.4) is 0 Å². The van der Waals surface area contributed by atoms with Crippen molar-refractivity contribution in [3.63, 3.8) is 0 Å². The van der Waals surface area contributed by atoms with Crippen LogP contribution in [0.2, 0.25) is 0 Å². The molecule has 0 amide bonds. The molecule has 0 spiro atoms. The molecule has 1 N–H and O–H groups in total. The van der Waals surface area contributed by atoms with Gasteiger partial charge in [-0.2, -0.15) is 18.4 Å². The first-order valence-electron chi connectivity index (χ1n) is 4.11. The van der Waals surface area contributed by atoms with Crippen LogP contribution in [0.4, 0.5) is 13.2 Å². The number of rotatable bonds is 0. The van der Waals surface area contributed by atoms with Crippen LogP contribution in [-0.2, 0) is 6.18 Å². The van der Waals surface area contributed by atoms with Gasteiger partial charge in [0.1, 0.15) is 0 Å². The van der Waals surface area contributed by atoms with Gasteiger partial charge in [-0.25, -0.2) is 0 Å². The SMILES string of the molecule is N#CCC#Cc1cc(C(F)(F)F)c[nH]c1=O. The lowest BCUT2D eigenvalue weighted by Crippen LogP contribution is -2.14. The number of hydrogen-bond acceptors (Lipinski definition) is 2. The summed E-state index contributed by atoms with van der Waals surface area (Å²) < 4.78 is 36.8. The molecule has 0 bridgehead atoms. The Balaban J connectivity index is 3.17. The van der Waals surface area contributed by atoms with E-state index in [1.54, 1.807) is 6.07 Å². The highest BCUT2D eigenvalue weighted by Gasteiger charge is 2.31. The number of pyridine rings is 1. The monoisotopic (exact) mass is 226 g/mol. The predicted molar refractivity (Wildman–Crippen MR) is 49.2 cm³/mol. The Labute approximate surface area is 88.5 Å². The Hall–Kier alpha value is -2.21. The van der Waals surface area contributed by atoms with Crippen molar-refractivity contribution in [2.45, 2.75) is 12.6 Å². The van der Waals surface area contributed by atoms with Crippen molar-refractivity contribution in [2.24, 2.45) is 0 Å². The molecule has 0 radical (unpaired) electrons. The predicted octanol–water partition coefficient (Wildman–Crippen LogP) is 1.66. The maximum Gasteiger partial charge on any atom is 0.417 e. The van der Waals surface area contributed by atoms with E-state index < -0.39 is 17.3 Å². The second kappa shape index (κ2) is 4.54. The minimum Gasteiger partial charge on any atom is -0.327 e. The third kappa shape index (κ3) is 2.89. The van der Waals surface area contributed by atoms with Gasteiger partial charge in [-0.05, 0) is 6.07 Å². The van der Waals surface area contributed by atoms with Gasteiger partial charge in [0.15, 0.2) is 0 Å². The van der Waals surface area contributed by atoms with Crippen LogP contribution >= 0.6 is 0 Å². The van der Waals surface area contributed by atoms with Crippen molar-refractivity contribution in [2.75, 3.05) is 0 Å². The number of halogens is 3. The number of hydrogen-bond donors (Lipinski definition) is 1.